The first kappa shape index (κ1) is 24.2. The molecule has 7 rings (SSSR count). The molecular formula is C35H29N5. The van der Waals surface area contributed by atoms with Gasteiger partial charge < -0.3 is 0 Å². The summed E-state index contributed by atoms with van der Waals surface area (Å²) in [5, 5.41) is 6.67. The van der Waals surface area contributed by atoms with Crippen LogP contribution in [-0.2, 0) is 12.8 Å². The smallest absolute Gasteiger partial charge is 0.184 e. The van der Waals surface area contributed by atoms with E-state index in [0.29, 0.717) is 23.2 Å². The van der Waals surface area contributed by atoms with Crippen molar-refractivity contribution in [3.8, 4) is 34.3 Å². The van der Waals surface area contributed by atoms with Crippen LogP contribution in [-0.4, -0.2) is 24.6 Å². The van der Waals surface area contributed by atoms with E-state index >= 15 is 0 Å². The maximum absolute atomic E-state index is 5.04. The molecule has 5 heteroatoms. The summed E-state index contributed by atoms with van der Waals surface area (Å²) in [5.74, 6) is 1.84. The molecule has 0 aliphatic heterocycles. The molecule has 0 fully saturated rings. The topological polar surface area (TPSA) is 56.0 Å². The van der Waals surface area contributed by atoms with E-state index in [4.69, 9.17) is 20.1 Å². The van der Waals surface area contributed by atoms with Crippen LogP contribution in [0.3, 0.4) is 0 Å². The second-order valence-corrected chi connectivity index (χ2v) is 10.4. The van der Waals surface area contributed by atoms with E-state index in [0.717, 1.165) is 52.9 Å². The van der Waals surface area contributed by atoms with Gasteiger partial charge in [0.15, 0.2) is 17.5 Å². The van der Waals surface area contributed by atoms with Gasteiger partial charge in [-0.25, -0.2) is 19.5 Å². The number of aromatic nitrogens is 5. The highest BCUT2D eigenvalue weighted by atomic mass is 15.2. The number of benzene rings is 2. The number of aryl methyl sites for hydroxylation is 2. The third-order valence-corrected chi connectivity index (χ3v) is 7.88. The Hall–Kier alpha value is -4.90. The van der Waals surface area contributed by atoms with E-state index in [1.54, 1.807) is 6.08 Å². The van der Waals surface area contributed by atoms with E-state index in [1.807, 2.05) is 28.8 Å². The van der Waals surface area contributed by atoms with Crippen molar-refractivity contribution in [1.82, 2.24) is 24.6 Å². The molecule has 3 heterocycles. The zero-order chi connectivity index (χ0) is 27.2. The fourth-order valence-corrected chi connectivity index (χ4v) is 5.74. The molecule has 0 N–H and O–H groups in total. The number of pyridine rings is 1. The van der Waals surface area contributed by atoms with Crippen molar-refractivity contribution in [2.75, 3.05) is 0 Å². The summed E-state index contributed by atoms with van der Waals surface area (Å²) >= 11 is 0. The highest BCUT2D eigenvalue weighted by molar-refractivity contribution is 5.75. The van der Waals surface area contributed by atoms with Gasteiger partial charge in [-0.2, -0.15) is 5.10 Å². The third-order valence-electron chi connectivity index (χ3n) is 7.88. The van der Waals surface area contributed by atoms with Crippen molar-refractivity contribution in [3.63, 3.8) is 0 Å². The summed E-state index contributed by atoms with van der Waals surface area (Å²) in [4.78, 5) is 15.0. The van der Waals surface area contributed by atoms with Crippen molar-refractivity contribution < 1.29 is 0 Å². The van der Waals surface area contributed by atoms with E-state index in [1.165, 1.54) is 27.8 Å². The molecule has 0 saturated carbocycles. The molecule has 0 unspecified atom stereocenters. The van der Waals surface area contributed by atoms with Gasteiger partial charge in [0.25, 0.3) is 0 Å². The molecule has 0 spiro atoms. The van der Waals surface area contributed by atoms with E-state index in [9.17, 15) is 0 Å². The number of rotatable bonds is 4. The Morgan fingerprint density at radius 2 is 1.60 bits per heavy atom. The maximum Gasteiger partial charge on any atom is 0.184 e. The van der Waals surface area contributed by atoms with E-state index < -0.39 is 0 Å². The summed E-state index contributed by atoms with van der Waals surface area (Å²) in [7, 11) is 0. The molecule has 3 aromatic heterocycles. The van der Waals surface area contributed by atoms with E-state index in [2.05, 4.69) is 74.7 Å². The van der Waals surface area contributed by atoms with Gasteiger partial charge in [0.05, 0.1) is 10.9 Å². The summed E-state index contributed by atoms with van der Waals surface area (Å²) in [6.45, 7) is 10.2. The molecule has 0 bridgehead atoms. The minimum absolute atomic E-state index is 0.541. The van der Waals surface area contributed by atoms with Crippen LogP contribution >= 0.6 is 0 Å². The van der Waals surface area contributed by atoms with Crippen molar-refractivity contribution >= 4 is 30.3 Å². The number of nitrogens with zero attached hydrogens (tertiary/aromatic N) is 5. The highest BCUT2D eigenvalue weighted by Gasteiger charge is 2.19. The van der Waals surface area contributed by atoms with Gasteiger partial charge >= 0.3 is 0 Å². The normalized spacial score (nSPS) is 14.4. The number of fused-ring (bicyclic) bond motifs is 3. The average Bonchev–Trinajstić information content (AvgIpc) is 3.43. The molecule has 40 heavy (non-hydrogen) atoms. The molecule has 0 amide bonds. The predicted molar refractivity (Wildman–Crippen MR) is 164 cm³/mol. The Balaban J connectivity index is 1.46. The van der Waals surface area contributed by atoms with Crippen molar-refractivity contribution in [1.29, 1.82) is 0 Å². The fraction of sp³-hybridized carbons (Fsp3) is 0.143. The molecule has 5 aromatic rings. The van der Waals surface area contributed by atoms with Gasteiger partial charge in [0.2, 0.25) is 0 Å². The van der Waals surface area contributed by atoms with Gasteiger partial charge in [-0.15, -0.1) is 0 Å². The van der Waals surface area contributed by atoms with Gasteiger partial charge in [0.1, 0.15) is 5.69 Å². The van der Waals surface area contributed by atoms with Crippen LogP contribution in [0.2, 0.25) is 0 Å². The molecule has 2 aliphatic rings. The Morgan fingerprint density at radius 3 is 2.48 bits per heavy atom. The lowest BCUT2D eigenvalue weighted by Crippen LogP contribution is -2.30. The van der Waals surface area contributed by atoms with Crippen LogP contribution in [0.15, 0.2) is 73.3 Å². The first-order chi connectivity index (χ1) is 19.6. The Labute approximate surface area is 233 Å². The molecule has 0 atom stereocenters. The summed E-state index contributed by atoms with van der Waals surface area (Å²) in [6, 6.07) is 16.9. The van der Waals surface area contributed by atoms with Crippen molar-refractivity contribution in [2.24, 2.45) is 0 Å². The van der Waals surface area contributed by atoms with Crippen LogP contribution in [0.25, 0.3) is 64.6 Å². The summed E-state index contributed by atoms with van der Waals surface area (Å²) < 4.78 is 1.88. The Bertz CT molecular complexity index is 2010. The molecule has 2 aliphatic carbocycles. The Morgan fingerprint density at radius 1 is 0.825 bits per heavy atom. The summed E-state index contributed by atoms with van der Waals surface area (Å²) in [6.07, 6.45) is 16.8. The molecule has 2 aromatic carbocycles. The van der Waals surface area contributed by atoms with Crippen molar-refractivity contribution in [3.05, 3.63) is 112 Å². The third kappa shape index (κ3) is 4.11. The first-order valence-electron chi connectivity index (χ1n) is 13.8. The van der Waals surface area contributed by atoms with Crippen LogP contribution in [0.4, 0.5) is 0 Å². The minimum Gasteiger partial charge on any atom is -0.232 e. The average molecular weight is 520 g/mol. The predicted octanol–water partition coefficient (Wildman–Crippen LogP) is 6.12. The maximum atomic E-state index is 5.04. The number of hydrogen-bond acceptors (Lipinski definition) is 4. The van der Waals surface area contributed by atoms with Gasteiger partial charge in [-0.3, -0.25) is 0 Å². The molecule has 0 radical (unpaired) electrons. The van der Waals surface area contributed by atoms with Crippen LogP contribution in [0.1, 0.15) is 40.7 Å². The number of hydrogen-bond donors (Lipinski definition) is 0. The Kier molecular flexibility index (Phi) is 5.85. The fourth-order valence-electron chi connectivity index (χ4n) is 5.74. The van der Waals surface area contributed by atoms with Gasteiger partial charge in [0, 0.05) is 11.1 Å². The molecule has 194 valence electrons. The van der Waals surface area contributed by atoms with Gasteiger partial charge in [-0.1, -0.05) is 73.9 Å². The quantitative estimate of drug-likeness (QED) is 0.287. The van der Waals surface area contributed by atoms with Crippen LogP contribution in [0.5, 0.6) is 0 Å². The first-order valence-corrected chi connectivity index (χ1v) is 13.8. The highest BCUT2D eigenvalue weighted by Crippen LogP contribution is 2.32. The largest absolute Gasteiger partial charge is 0.232 e. The summed E-state index contributed by atoms with van der Waals surface area (Å²) in [5.41, 5.74) is 10.0. The second-order valence-electron chi connectivity index (χ2n) is 10.4. The second kappa shape index (κ2) is 9.69. The molecule has 5 nitrogen and oxygen atoms in total. The monoisotopic (exact) mass is 519 g/mol. The van der Waals surface area contributed by atoms with Crippen LogP contribution in [0, 0.1) is 6.92 Å². The zero-order valence-corrected chi connectivity index (χ0v) is 22.6. The lowest BCUT2D eigenvalue weighted by Gasteiger charge is -2.17. The molecular weight excluding hydrogens is 490 g/mol. The lowest BCUT2D eigenvalue weighted by molar-refractivity contribution is 0.912. The van der Waals surface area contributed by atoms with Gasteiger partial charge in [-0.05, 0) is 89.9 Å². The van der Waals surface area contributed by atoms with Crippen molar-refractivity contribution in [2.45, 2.75) is 32.6 Å². The standard InChI is InChI=1S/C35H29N5/c1-4-9-32-22(2)14-18-28-21-31(39-40(28)32)35-37-33(27-16-15-24-10-5-6-12-26(24)20-27)36-34(38-35)30-19-17-25-11-7-8-13-29(25)23(30)3/h4,6,8-9,12-21H,1-2,5,7,10-11H2,3H3/b32-9+. The lowest BCUT2D eigenvalue weighted by atomic mass is 9.90. The van der Waals surface area contributed by atoms with E-state index in [-0.39, 0.29) is 0 Å². The minimum atomic E-state index is 0.541. The van der Waals surface area contributed by atoms with Crippen LogP contribution < -0.4 is 10.6 Å². The zero-order valence-electron chi connectivity index (χ0n) is 22.6. The SMILES string of the molecule is C=C/C=c1\c(=C)ccc2cc(-c3nc(-c4ccc5c(c4)C=CCC5)nc(-c4ccc5c(c4C)C=CCC5)n3)nn12. The number of allylic oxidation sites excluding steroid dienone is 3. The molecule has 0 saturated heterocycles.